The van der Waals surface area contributed by atoms with Crippen LogP contribution in [0.25, 0.3) is 0 Å². The molecular formula is C13H24N2O3S. The number of morpholine rings is 1. The van der Waals surface area contributed by atoms with E-state index in [1.807, 2.05) is 6.92 Å². The molecule has 2 aliphatic rings. The monoisotopic (exact) mass is 288 g/mol. The Morgan fingerprint density at radius 3 is 3.00 bits per heavy atom. The van der Waals surface area contributed by atoms with Crippen LogP contribution in [-0.2, 0) is 20.3 Å². The highest BCUT2D eigenvalue weighted by molar-refractivity contribution is 7.85. The molecule has 6 heteroatoms. The summed E-state index contributed by atoms with van der Waals surface area (Å²) < 4.78 is 17.3. The van der Waals surface area contributed by atoms with Crippen LogP contribution < -0.4 is 10.6 Å². The Kier molecular flexibility index (Phi) is 5.78. The summed E-state index contributed by atoms with van der Waals surface area (Å²) >= 11 is 0. The molecule has 1 saturated heterocycles. The summed E-state index contributed by atoms with van der Waals surface area (Å²) in [5.41, 5.74) is 0. The summed E-state index contributed by atoms with van der Waals surface area (Å²) in [7, 11) is -0.749. The molecule has 2 N–H and O–H groups in total. The van der Waals surface area contributed by atoms with Crippen LogP contribution in [0.15, 0.2) is 0 Å². The van der Waals surface area contributed by atoms with Gasteiger partial charge >= 0.3 is 0 Å². The third kappa shape index (κ3) is 4.26. The molecule has 1 saturated carbocycles. The highest BCUT2D eigenvalue weighted by Gasteiger charge is 2.29. The van der Waals surface area contributed by atoms with Crippen molar-refractivity contribution in [2.45, 2.75) is 50.0 Å². The smallest absolute Gasteiger partial charge is 0.250 e. The molecule has 0 aromatic heterocycles. The zero-order chi connectivity index (χ0) is 13.7. The highest BCUT2D eigenvalue weighted by atomic mass is 32.2. The van der Waals surface area contributed by atoms with E-state index in [4.69, 9.17) is 4.74 Å². The van der Waals surface area contributed by atoms with Gasteiger partial charge < -0.3 is 15.4 Å². The van der Waals surface area contributed by atoms with Gasteiger partial charge in [-0.25, -0.2) is 0 Å². The first kappa shape index (κ1) is 14.9. The molecule has 0 aromatic carbocycles. The lowest BCUT2D eigenvalue weighted by Crippen LogP contribution is -2.51. The zero-order valence-electron chi connectivity index (χ0n) is 11.5. The average molecular weight is 288 g/mol. The van der Waals surface area contributed by atoms with E-state index in [2.05, 4.69) is 10.6 Å². The van der Waals surface area contributed by atoms with Crippen LogP contribution in [0, 0.1) is 0 Å². The zero-order valence-corrected chi connectivity index (χ0v) is 12.3. The van der Waals surface area contributed by atoms with E-state index in [0.29, 0.717) is 18.9 Å². The highest BCUT2D eigenvalue weighted by Crippen LogP contribution is 2.23. The lowest BCUT2D eigenvalue weighted by molar-refractivity contribution is -0.135. The molecule has 4 atom stereocenters. The quantitative estimate of drug-likeness (QED) is 0.774. The first-order valence-corrected chi connectivity index (χ1v) is 8.58. The fraction of sp³-hybridized carbons (Fsp3) is 0.923. The van der Waals surface area contributed by atoms with Crippen LogP contribution in [0.3, 0.4) is 0 Å². The second kappa shape index (κ2) is 7.36. The van der Waals surface area contributed by atoms with Crippen molar-refractivity contribution in [3.63, 3.8) is 0 Å². The van der Waals surface area contributed by atoms with Crippen molar-refractivity contribution in [1.82, 2.24) is 10.6 Å². The van der Waals surface area contributed by atoms with Crippen molar-refractivity contribution in [1.29, 1.82) is 0 Å². The van der Waals surface area contributed by atoms with Crippen molar-refractivity contribution >= 4 is 16.7 Å². The number of nitrogens with one attached hydrogen (secondary N) is 2. The standard InChI is InChI=1S/C13H24N2O3S/c1-2-19(17)11-5-3-4-10(8-11)15-13(16)12-9-14-6-7-18-12/h10-12,14H,2-9H2,1H3,(H,15,16). The van der Waals surface area contributed by atoms with Gasteiger partial charge in [0.15, 0.2) is 0 Å². The lowest BCUT2D eigenvalue weighted by atomic mass is 9.95. The van der Waals surface area contributed by atoms with E-state index in [1.165, 1.54) is 0 Å². The van der Waals surface area contributed by atoms with Crippen molar-refractivity contribution in [3.05, 3.63) is 0 Å². The van der Waals surface area contributed by atoms with Crippen LogP contribution in [0.2, 0.25) is 0 Å². The first-order chi connectivity index (χ1) is 9.20. The van der Waals surface area contributed by atoms with E-state index in [1.54, 1.807) is 0 Å². The minimum absolute atomic E-state index is 0.0277. The molecule has 1 amide bonds. The molecule has 0 radical (unpaired) electrons. The van der Waals surface area contributed by atoms with Crippen molar-refractivity contribution in [2.75, 3.05) is 25.4 Å². The summed E-state index contributed by atoms with van der Waals surface area (Å²) in [5, 5.41) is 6.46. The number of amides is 1. The molecule has 0 aromatic rings. The van der Waals surface area contributed by atoms with E-state index < -0.39 is 10.8 Å². The van der Waals surface area contributed by atoms with Crippen molar-refractivity contribution in [3.8, 4) is 0 Å². The average Bonchev–Trinajstić information content (AvgIpc) is 2.47. The fourth-order valence-corrected chi connectivity index (χ4v) is 4.13. The summed E-state index contributed by atoms with van der Waals surface area (Å²) in [4.78, 5) is 12.1. The summed E-state index contributed by atoms with van der Waals surface area (Å²) in [6.45, 7) is 3.94. The van der Waals surface area contributed by atoms with Crippen LogP contribution in [0.5, 0.6) is 0 Å². The fourth-order valence-electron chi connectivity index (χ4n) is 2.78. The van der Waals surface area contributed by atoms with E-state index >= 15 is 0 Å². The number of rotatable bonds is 4. The Hall–Kier alpha value is -0.460. The predicted octanol–water partition coefficient (Wildman–Crippen LogP) is 0.171. The minimum atomic E-state index is -0.749. The Morgan fingerprint density at radius 1 is 1.47 bits per heavy atom. The van der Waals surface area contributed by atoms with Gasteiger partial charge in [0.25, 0.3) is 5.91 Å². The SMILES string of the molecule is CCS(=O)C1CCCC(NC(=O)C2CNCCO2)C1. The molecule has 4 unspecified atom stereocenters. The molecule has 110 valence electrons. The number of hydrogen-bond donors (Lipinski definition) is 2. The molecular weight excluding hydrogens is 264 g/mol. The van der Waals surface area contributed by atoms with Crippen LogP contribution >= 0.6 is 0 Å². The van der Waals surface area contributed by atoms with Gasteiger partial charge in [-0.1, -0.05) is 13.3 Å². The number of carbonyl (C=O) groups excluding carboxylic acids is 1. The molecule has 2 fully saturated rings. The maximum absolute atomic E-state index is 12.1. The molecule has 1 aliphatic heterocycles. The third-order valence-corrected chi connectivity index (χ3v) is 5.59. The second-order valence-corrected chi connectivity index (χ2v) is 7.23. The van der Waals surface area contributed by atoms with Gasteiger partial charge in [0.2, 0.25) is 0 Å². The van der Waals surface area contributed by atoms with Gasteiger partial charge in [0, 0.05) is 40.9 Å². The van der Waals surface area contributed by atoms with E-state index in [9.17, 15) is 9.00 Å². The van der Waals surface area contributed by atoms with Gasteiger partial charge in [-0.3, -0.25) is 9.00 Å². The van der Waals surface area contributed by atoms with Crippen LogP contribution in [0.1, 0.15) is 32.6 Å². The number of ether oxygens (including phenoxy) is 1. The van der Waals surface area contributed by atoms with Crippen LogP contribution in [0.4, 0.5) is 0 Å². The molecule has 19 heavy (non-hydrogen) atoms. The molecule has 2 rings (SSSR count). The van der Waals surface area contributed by atoms with Gasteiger partial charge in [-0.2, -0.15) is 0 Å². The molecule has 1 heterocycles. The maximum Gasteiger partial charge on any atom is 0.250 e. The van der Waals surface area contributed by atoms with Gasteiger partial charge in [0.1, 0.15) is 6.10 Å². The van der Waals surface area contributed by atoms with Gasteiger partial charge in [0.05, 0.1) is 6.61 Å². The topological polar surface area (TPSA) is 67.4 Å². The summed E-state index contributed by atoms with van der Waals surface area (Å²) in [5.74, 6) is 0.682. The van der Waals surface area contributed by atoms with Gasteiger partial charge in [-0.05, 0) is 19.3 Å². The van der Waals surface area contributed by atoms with E-state index in [-0.39, 0.29) is 23.3 Å². The van der Waals surface area contributed by atoms with Crippen molar-refractivity contribution in [2.24, 2.45) is 0 Å². The largest absolute Gasteiger partial charge is 0.366 e. The molecule has 0 spiro atoms. The van der Waals surface area contributed by atoms with E-state index in [0.717, 1.165) is 32.2 Å². The predicted molar refractivity (Wildman–Crippen MR) is 75.5 cm³/mol. The molecule has 5 nitrogen and oxygen atoms in total. The van der Waals surface area contributed by atoms with Gasteiger partial charge in [-0.15, -0.1) is 0 Å². The Balaban J connectivity index is 1.81. The van der Waals surface area contributed by atoms with Crippen LogP contribution in [-0.4, -0.2) is 53.0 Å². The normalized spacial score (nSPS) is 33.6. The summed E-state index contributed by atoms with van der Waals surface area (Å²) in [6, 6.07) is 0.160. The third-order valence-electron chi connectivity index (χ3n) is 3.85. The molecule has 0 bridgehead atoms. The second-order valence-electron chi connectivity index (χ2n) is 5.23. The van der Waals surface area contributed by atoms with Crippen molar-refractivity contribution < 1.29 is 13.7 Å². The lowest BCUT2D eigenvalue weighted by Gasteiger charge is -2.31. The summed E-state index contributed by atoms with van der Waals surface area (Å²) in [6.07, 6.45) is 3.53. The first-order valence-electron chi connectivity index (χ1n) is 7.20. The Morgan fingerprint density at radius 2 is 2.32 bits per heavy atom. The molecule has 1 aliphatic carbocycles. The minimum Gasteiger partial charge on any atom is -0.366 e. The Labute approximate surface area is 117 Å². The number of hydrogen-bond acceptors (Lipinski definition) is 4. The number of carbonyl (C=O) groups is 1. The maximum atomic E-state index is 12.1. The Bertz CT molecular complexity index is 332.